The van der Waals surface area contributed by atoms with Crippen molar-refractivity contribution in [3.8, 4) is 5.69 Å². The number of para-hydroxylation sites is 1. The summed E-state index contributed by atoms with van der Waals surface area (Å²) >= 11 is 0. The Morgan fingerprint density at radius 3 is 2.38 bits per heavy atom. The van der Waals surface area contributed by atoms with Crippen LogP contribution in [-0.4, -0.2) is 21.6 Å². The molecule has 0 atom stereocenters. The van der Waals surface area contributed by atoms with Crippen LogP contribution in [0.2, 0.25) is 0 Å². The molecule has 0 aliphatic rings. The van der Waals surface area contributed by atoms with E-state index in [-0.39, 0.29) is 29.2 Å². The zero-order valence-electron chi connectivity index (χ0n) is 18.0. The van der Waals surface area contributed by atoms with Crippen LogP contribution in [0.3, 0.4) is 0 Å². The van der Waals surface area contributed by atoms with Crippen LogP contribution in [0.15, 0.2) is 92.9 Å². The maximum atomic E-state index is 13.5. The zero-order valence-corrected chi connectivity index (χ0v) is 18.0. The van der Waals surface area contributed by atoms with Crippen LogP contribution in [0.5, 0.6) is 0 Å². The van der Waals surface area contributed by atoms with Crippen molar-refractivity contribution in [3.05, 3.63) is 111 Å². The number of carbonyl (C=O) groups is 1. The monoisotopic (exact) mass is 457 g/mol. The Balaban J connectivity index is 1.58. The van der Waals surface area contributed by atoms with Crippen molar-refractivity contribution in [2.75, 3.05) is 6.54 Å². The van der Waals surface area contributed by atoms with Crippen LogP contribution >= 0.6 is 0 Å². The third-order valence-corrected chi connectivity index (χ3v) is 5.62. The molecule has 2 heterocycles. The fraction of sp³-hybridized carbons (Fsp3) is 0.115. The number of carbonyl (C=O) groups excluding carboxylic acids is 1. The predicted molar refractivity (Wildman–Crippen MR) is 127 cm³/mol. The molecular weight excluding hydrogens is 437 g/mol. The molecule has 170 valence electrons. The lowest BCUT2D eigenvalue weighted by atomic mass is 10.1. The highest BCUT2D eigenvalue weighted by molar-refractivity contribution is 6.02. The lowest BCUT2D eigenvalue weighted by Crippen LogP contribution is -2.41. The second kappa shape index (κ2) is 8.82. The summed E-state index contributed by atoms with van der Waals surface area (Å²) in [6.07, 6.45) is 0.639. The van der Waals surface area contributed by atoms with Crippen LogP contribution in [0.25, 0.3) is 27.8 Å². The molecule has 1 amide bonds. The number of hydrogen-bond acceptors (Lipinski definition) is 4. The molecule has 0 saturated carbocycles. The quantitative estimate of drug-likeness (QED) is 0.424. The van der Waals surface area contributed by atoms with Gasteiger partial charge in [0.25, 0.3) is 0 Å². The molecule has 5 aromatic rings. The fourth-order valence-electron chi connectivity index (χ4n) is 4.00. The summed E-state index contributed by atoms with van der Waals surface area (Å²) in [5.74, 6) is -0.881. The van der Waals surface area contributed by atoms with Crippen LogP contribution < -0.4 is 16.6 Å². The Kier molecular flexibility index (Phi) is 5.55. The Labute approximate surface area is 192 Å². The first-order chi connectivity index (χ1) is 16.5. The number of benzene rings is 3. The minimum Gasteiger partial charge on any atom is -0.449 e. The summed E-state index contributed by atoms with van der Waals surface area (Å²) < 4.78 is 21.3. The Hall–Kier alpha value is -4.46. The van der Waals surface area contributed by atoms with E-state index in [0.29, 0.717) is 23.9 Å². The van der Waals surface area contributed by atoms with Gasteiger partial charge in [-0.1, -0.05) is 42.5 Å². The van der Waals surface area contributed by atoms with Crippen LogP contribution in [0.1, 0.15) is 5.56 Å². The van der Waals surface area contributed by atoms with Gasteiger partial charge in [-0.25, -0.2) is 13.8 Å². The molecular formula is C26H20FN3O4. The van der Waals surface area contributed by atoms with E-state index in [9.17, 15) is 18.8 Å². The van der Waals surface area contributed by atoms with Crippen molar-refractivity contribution in [2.24, 2.45) is 0 Å². The Bertz CT molecular complexity index is 1620. The normalized spacial score (nSPS) is 11.2. The van der Waals surface area contributed by atoms with Gasteiger partial charge in [-0.2, -0.15) is 0 Å². The average Bonchev–Trinajstić information content (AvgIpc) is 3.24. The number of fused-ring (bicyclic) bond motifs is 3. The molecule has 0 spiro atoms. The molecule has 5 rings (SSSR count). The smallest absolute Gasteiger partial charge is 0.336 e. The number of furan rings is 1. The molecule has 0 aliphatic heterocycles. The highest BCUT2D eigenvalue weighted by atomic mass is 19.1. The van der Waals surface area contributed by atoms with Crippen LogP contribution in [0.4, 0.5) is 4.39 Å². The van der Waals surface area contributed by atoms with Gasteiger partial charge in [-0.3, -0.25) is 14.2 Å². The van der Waals surface area contributed by atoms with Gasteiger partial charge in [0.1, 0.15) is 23.5 Å². The standard InChI is InChI=1S/C26H20FN3O4/c27-18-10-12-19(13-11-18)30-25(32)24-23(20-8-4-5-9-21(20)34-24)29(26(30)33)16-22(31)28-15-14-17-6-2-1-3-7-17/h1-13H,14-16H2,(H,28,31). The predicted octanol–water partition coefficient (Wildman–Crippen LogP) is 3.40. The molecule has 1 N–H and O–H groups in total. The molecule has 2 aromatic heterocycles. The third-order valence-electron chi connectivity index (χ3n) is 5.62. The first kappa shape index (κ1) is 21.4. The molecule has 0 aliphatic carbocycles. The maximum absolute atomic E-state index is 13.5. The molecule has 0 saturated heterocycles. The van der Waals surface area contributed by atoms with Gasteiger partial charge in [-0.05, 0) is 48.4 Å². The van der Waals surface area contributed by atoms with E-state index in [4.69, 9.17) is 4.42 Å². The molecule has 3 aromatic carbocycles. The van der Waals surface area contributed by atoms with Crippen LogP contribution in [-0.2, 0) is 17.8 Å². The molecule has 0 fully saturated rings. The fourth-order valence-corrected chi connectivity index (χ4v) is 4.00. The summed E-state index contributed by atoms with van der Waals surface area (Å²) in [7, 11) is 0. The van der Waals surface area contributed by atoms with E-state index in [0.717, 1.165) is 22.3 Å². The first-order valence-electron chi connectivity index (χ1n) is 10.8. The second-order valence-corrected chi connectivity index (χ2v) is 7.85. The summed E-state index contributed by atoms with van der Waals surface area (Å²) in [4.78, 5) is 39.5. The van der Waals surface area contributed by atoms with E-state index < -0.39 is 17.1 Å². The van der Waals surface area contributed by atoms with Gasteiger partial charge in [0, 0.05) is 11.9 Å². The van der Waals surface area contributed by atoms with Crippen molar-refractivity contribution < 1.29 is 13.6 Å². The third kappa shape index (κ3) is 3.90. The molecule has 0 radical (unpaired) electrons. The first-order valence-corrected chi connectivity index (χ1v) is 10.8. The van der Waals surface area contributed by atoms with Crippen molar-refractivity contribution >= 4 is 28.0 Å². The van der Waals surface area contributed by atoms with Crippen molar-refractivity contribution in [2.45, 2.75) is 13.0 Å². The number of amides is 1. The topological polar surface area (TPSA) is 86.2 Å². The summed E-state index contributed by atoms with van der Waals surface area (Å²) in [6, 6.07) is 21.6. The second-order valence-electron chi connectivity index (χ2n) is 7.85. The largest absolute Gasteiger partial charge is 0.449 e. The van der Waals surface area contributed by atoms with Gasteiger partial charge in [0.05, 0.1) is 5.69 Å². The van der Waals surface area contributed by atoms with E-state index >= 15 is 0 Å². The Morgan fingerprint density at radius 1 is 0.912 bits per heavy atom. The number of aromatic nitrogens is 2. The zero-order chi connectivity index (χ0) is 23.7. The van der Waals surface area contributed by atoms with Crippen molar-refractivity contribution in [1.82, 2.24) is 14.5 Å². The lowest BCUT2D eigenvalue weighted by Gasteiger charge is -2.12. The minimum absolute atomic E-state index is 0.0535. The summed E-state index contributed by atoms with van der Waals surface area (Å²) in [5.41, 5.74) is 0.482. The van der Waals surface area contributed by atoms with E-state index in [2.05, 4.69) is 5.32 Å². The Morgan fingerprint density at radius 2 is 1.62 bits per heavy atom. The van der Waals surface area contributed by atoms with Crippen molar-refractivity contribution in [1.29, 1.82) is 0 Å². The van der Waals surface area contributed by atoms with E-state index in [1.165, 1.54) is 16.7 Å². The summed E-state index contributed by atoms with van der Waals surface area (Å²) in [6.45, 7) is 0.0829. The minimum atomic E-state index is -0.714. The van der Waals surface area contributed by atoms with E-state index in [1.54, 1.807) is 24.3 Å². The van der Waals surface area contributed by atoms with Gasteiger partial charge in [-0.15, -0.1) is 0 Å². The van der Waals surface area contributed by atoms with E-state index in [1.807, 2.05) is 30.3 Å². The SMILES string of the molecule is O=C(Cn1c(=O)n(-c2ccc(F)cc2)c(=O)c2oc3ccccc3c21)NCCc1ccccc1. The highest BCUT2D eigenvalue weighted by Gasteiger charge is 2.22. The lowest BCUT2D eigenvalue weighted by molar-refractivity contribution is -0.121. The average molecular weight is 457 g/mol. The number of nitrogens with zero attached hydrogens (tertiary/aromatic N) is 2. The number of rotatable bonds is 6. The molecule has 0 unspecified atom stereocenters. The number of halogens is 1. The maximum Gasteiger partial charge on any atom is 0.336 e. The van der Waals surface area contributed by atoms with Crippen molar-refractivity contribution in [3.63, 3.8) is 0 Å². The molecule has 0 bridgehead atoms. The van der Waals surface area contributed by atoms with Gasteiger partial charge in [0.15, 0.2) is 0 Å². The van der Waals surface area contributed by atoms with Gasteiger partial charge < -0.3 is 9.73 Å². The van der Waals surface area contributed by atoms with Crippen LogP contribution in [0, 0.1) is 5.82 Å². The molecule has 7 nitrogen and oxygen atoms in total. The summed E-state index contributed by atoms with van der Waals surface area (Å²) in [5, 5.41) is 3.38. The molecule has 34 heavy (non-hydrogen) atoms. The highest BCUT2D eigenvalue weighted by Crippen LogP contribution is 2.25. The molecule has 8 heteroatoms. The number of hydrogen-bond donors (Lipinski definition) is 1. The van der Waals surface area contributed by atoms with Gasteiger partial charge in [0.2, 0.25) is 11.5 Å². The van der Waals surface area contributed by atoms with Gasteiger partial charge >= 0.3 is 11.2 Å². The number of nitrogens with one attached hydrogen (secondary N) is 1.